The van der Waals surface area contributed by atoms with Gasteiger partial charge >= 0.3 is 0 Å². The highest BCUT2D eigenvalue weighted by Crippen LogP contribution is 2.21. The van der Waals surface area contributed by atoms with Crippen molar-refractivity contribution in [3.8, 4) is 0 Å². The number of rotatable bonds is 6. The quantitative estimate of drug-likeness (QED) is 0.632. The minimum atomic E-state index is -0.832. The number of amides is 3. The maximum Gasteiger partial charge on any atom is 0.243 e. The Labute approximate surface area is 208 Å². The zero-order valence-corrected chi connectivity index (χ0v) is 20.2. The second-order valence-corrected chi connectivity index (χ2v) is 9.27. The van der Waals surface area contributed by atoms with Crippen molar-refractivity contribution >= 4 is 52.3 Å². The van der Waals surface area contributed by atoms with E-state index < -0.39 is 6.04 Å². The van der Waals surface area contributed by atoms with E-state index in [-0.39, 0.29) is 30.7 Å². The van der Waals surface area contributed by atoms with Crippen molar-refractivity contribution in [3.05, 3.63) is 58.6 Å². The summed E-state index contributed by atoms with van der Waals surface area (Å²) in [6, 6.07) is 13.6. The molecule has 0 aromatic heterocycles. The number of hydrogen-bond donors (Lipinski definition) is 2. The fourth-order valence-corrected chi connectivity index (χ4v) is 4.57. The molecular weight excluding hydrogens is 477 g/mol. The largest absolute Gasteiger partial charge is 0.369 e. The molecule has 8 nitrogen and oxygen atoms in total. The molecule has 0 unspecified atom stereocenters. The first-order valence-corrected chi connectivity index (χ1v) is 12.0. The van der Waals surface area contributed by atoms with E-state index in [2.05, 4.69) is 20.4 Å². The van der Waals surface area contributed by atoms with Gasteiger partial charge in [0.25, 0.3) is 0 Å². The topological polar surface area (TPSA) is 85.0 Å². The van der Waals surface area contributed by atoms with Crippen LogP contribution in [-0.4, -0.2) is 79.4 Å². The van der Waals surface area contributed by atoms with Crippen LogP contribution >= 0.6 is 23.2 Å². The van der Waals surface area contributed by atoms with Crippen LogP contribution in [0.5, 0.6) is 0 Å². The summed E-state index contributed by atoms with van der Waals surface area (Å²) in [7, 11) is 0. The summed E-state index contributed by atoms with van der Waals surface area (Å²) in [4.78, 5) is 44.1. The van der Waals surface area contributed by atoms with Crippen LogP contribution in [0.4, 0.5) is 11.4 Å². The standard InChI is InChI=1S/C24H27Cl2N5O3/c25-17-4-6-19(7-5-17)28-22(32)15-21-24(34)27-8-9-31(21)23(33)16-29-10-12-30(13-11-29)20-3-1-2-18(26)14-20/h1-7,14,21H,8-13,15-16H2,(H,27,34)(H,28,32)/t21-/m1/s1. The van der Waals surface area contributed by atoms with E-state index >= 15 is 0 Å². The van der Waals surface area contributed by atoms with Crippen LogP contribution in [0.2, 0.25) is 10.0 Å². The molecule has 0 bridgehead atoms. The van der Waals surface area contributed by atoms with Crippen LogP contribution in [0.15, 0.2) is 48.5 Å². The van der Waals surface area contributed by atoms with Crippen LogP contribution < -0.4 is 15.5 Å². The van der Waals surface area contributed by atoms with E-state index in [0.717, 1.165) is 31.9 Å². The molecule has 2 heterocycles. The van der Waals surface area contributed by atoms with Crippen LogP contribution in [-0.2, 0) is 14.4 Å². The van der Waals surface area contributed by atoms with Crippen LogP contribution in [0.25, 0.3) is 0 Å². The van der Waals surface area contributed by atoms with Crippen molar-refractivity contribution in [1.82, 2.24) is 15.1 Å². The van der Waals surface area contributed by atoms with Crippen molar-refractivity contribution < 1.29 is 14.4 Å². The fraction of sp³-hybridized carbons (Fsp3) is 0.375. The predicted molar refractivity (Wildman–Crippen MR) is 133 cm³/mol. The van der Waals surface area contributed by atoms with Crippen molar-refractivity contribution in [2.45, 2.75) is 12.5 Å². The Balaban J connectivity index is 1.32. The Morgan fingerprint density at radius 3 is 2.41 bits per heavy atom. The zero-order chi connectivity index (χ0) is 24.1. The minimum Gasteiger partial charge on any atom is -0.369 e. The predicted octanol–water partition coefficient (Wildman–Crippen LogP) is 2.47. The molecule has 10 heteroatoms. The van der Waals surface area contributed by atoms with Gasteiger partial charge in [-0.05, 0) is 42.5 Å². The second-order valence-electron chi connectivity index (χ2n) is 8.40. The third-order valence-corrected chi connectivity index (χ3v) is 6.55. The summed E-state index contributed by atoms with van der Waals surface area (Å²) < 4.78 is 0. The van der Waals surface area contributed by atoms with Crippen LogP contribution in [0, 0.1) is 0 Å². The fourth-order valence-electron chi connectivity index (χ4n) is 4.26. The number of carbonyl (C=O) groups is 3. The van der Waals surface area contributed by atoms with Gasteiger partial charge in [0.2, 0.25) is 17.7 Å². The highest BCUT2D eigenvalue weighted by Gasteiger charge is 2.35. The molecule has 2 aromatic carbocycles. The highest BCUT2D eigenvalue weighted by molar-refractivity contribution is 6.31. The molecule has 2 aromatic rings. The number of benzene rings is 2. The van der Waals surface area contributed by atoms with Crippen molar-refractivity contribution in [1.29, 1.82) is 0 Å². The third kappa shape index (κ3) is 6.20. The van der Waals surface area contributed by atoms with Gasteiger partial charge in [-0.3, -0.25) is 19.3 Å². The Morgan fingerprint density at radius 2 is 1.71 bits per heavy atom. The summed E-state index contributed by atoms with van der Waals surface area (Å²) in [5, 5.41) is 6.79. The molecule has 2 saturated heterocycles. The summed E-state index contributed by atoms with van der Waals surface area (Å²) in [5.74, 6) is -0.788. The maximum absolute atomic E-state index is 13.1. The molecule has 1 atom stereocenters. The lowest BCUT2D eigenvalue weighted by Crippen LogP contribution is -2.60. The highest BCUT2D eigenvalue weighted by atomic mass is 35.5. The number of carbonyl (C=O) groups excluding carboxylic acids is 3. The number of anilines is 2. The van der Waals surface area contributed by atoms with Gasteiger partial charge in [-0.2, -0.15) is 0 Å². The number of piperazine rings is 2. The molecule has 4 rings (SSSR count). The first kappa shape index (κ1) is 24.3. The molecule has 0 radical (unpaired) electrons. The SMILES string of the molecule is O=C(C[C@@H]1C(=O)NCCN1C(=O)CN1CCN(c2cccc(Cl)c2)CC1)Nc1ccc(Cl)cc1. The van der Waals surface area contributed by atoms with E-state index in [1.54, 1.807) is 24.3 Å². The van der Waals surface area contributed by atoms with Gasteiger partial charge in [0.15, 0.2) is 0 Å². The van der Waals surface area contributed by atoms with E-state index in [1.807, 2.05) is 24.3 Å². The third-order valence-electron chi connectivity index (χ3n) is 6.06. The molecule has 0 saturated carbocycles. The van der Waals surface area contributed by atoms with E-state index in [9.17, 15) is 14.4 Å². The van der Waals surface area contributed by atoms with Crippen LogP contribution in [0.3, 0.4) is 0 Å². The average molecular weight is 504 g/mol. The number of hydrogen-bond acceptors (Lipinski definition) is 5. The molecule has 2 fully saturated rings. The molecule has 34 heavy (non-hydrogen) atoms. The van der Waals surface area contributed by atoms with E-state index in [1.165, 1.54) is 4.90 Å². The Hall–Kier alpha value is -2.81. The smallest absolute Gasteiger partial charge is 0.243 e. The van der Waals surface area contributed by atoms with Gasteiger partial charge in [-0.15, -0.1) is 0 Å². The second kappa shape index (κ2) is 11.1. The van der Waals surface area contributed by atoms with Gasteiger partial charge in [-0.25, -0.2) is 0 Å². The number of nitrogens with one attached hydrogen (secondary N) is 2. The van der Waals surface area contributed by atoms with Gasteiger partial charge in [0.1, 0.15) is 6.04 Å². The molecular formula is C24H27Cl2N5O3. The van der Waals surface area contributed by atoms with E-state index in [4.69, 9.17) is 23.2 Å². The Morgan fingerprint density at radius 1 is 0.971 bits per heavy atom. The van der Waals surface area contributed by atoms with Gasteiger partial charge in [0.05, 0.1) is 13.0 Å². The van der Waals surface area contributed by atoms with Gasteiger partial charge < -0.3 is 20.4 Å². The average Bonchev–Trinajstić information content (AvgIpc) is 2.82. The first-order chi connectivity index (χ1) is 16.4. The lowest BCUT2D eigenvalue weighted by molar-refractivity contribution is -0.145. The molecule has 0 aliphatic carbocycles. The maximum atomic E-state index is 13.1. The lowest BCUT2D eigenvalue weighted by atomic mass is 10.1. The molecule has 2 N–H and O–H groups in total. The van der Waals surface area contributed by atoms with Gasteiger partial charge in [0, 0.05) is 60.7 Å². The lowest BCUT2D eigenvalue weighted by Gasteiger charge is -2.39. The van der Waals surface area contributed by atoms with Crippen molar-refractivity contribution in [2.24, 2.45) is 0 Å². The minimum absolute atomic E-state index is 0.108. The number of halogens is 2. The normalized spacial score (nSPS) is 19.0. The zero-order valence-electron chi connectivity index (χ0n) is 18.7. The molecule has 3 amide bonds. The Bertz CT molecular complexity index is 1040. The molecule has 180 valence electrons. The summed E-state index contributed by atoms with van der Waals surface area (Å²) in [5.41, 5.74) is 1.65. The van der Waals surface area contributed by atoms with Crippen molar-refractivity contribution in [3.63, 3.8) is 0 Å². The monoisotopic (exact) mass is 503 g/mol. The summed E-state index contributed by atoms with van der Waals surface area (Å²) >= 11 is 12.0. The van der Waals surface area contributed by atoms with Crippen LogP contribution in [0.1, 0.15) is 6.42 Å². The number of nitrogens with zero attached hydrogens (tertiary/aromatic N) is 3. The molecule has 0 spiro atoms. The molecule has 2 aliphatic rings. The first-order valence-electron chi connectivity index (χ1n) is 11.2. The summed E-state index contributed by atoms with van der Waals surface area (Å²) in [6.07, 6.45) is -0.108. The summed E-state index contributed by atoms with van der Waals surface area (Å²) in [6.45, 7) is 3.97. The molecule has 2 aliphatic heterocycles. The van der Waals surface area contributed by atoms with Crippen molar-refractivity contribution in [2.75, 3.05) is 56.0 Å². The Kier molecular flexibility index (Phi) is 7.92. The van der Waals surface area contributed by atoms with E-state index in [0.29, 0.717) is 28.8 Å². The van der Waals surface area contributed by atoms with Gasteiger partial charge in [-0.1, -0.05) is 29.3 Å².